The van der Waals surface area contributed by atoms with Crippen LogP contribution in [-0.2, 0) is 13.9 Å². The number of methoxy groups -OCH3 is 1. The number of nitrogens with zero attached hydrogens (tertiary/aromatic N) is 2. The molecule has 1 aliphatic rings. The van der Waals surface area contributed by atoms with E-state index in [1.807, 2.05) is 0 Å². The zero-order valence-electron chi connectivity index (χ0n) is 21.4. The molecule has 0 unspecified atom stereocenters. The summed E-state index contributed by atoms with van der Waals surface area (Å²) in [6.07, 6.45) is -0.679. The van der Waals surface area contributed by atoms with Crippen LogP contribution in [0.3, 0.4) is 0 Å². The van der Waals surface area contributed by atoms with Gasteiger partial charge in [-0.25, -0.2) is 4.79 Å². The zero-order chi connectivity index (χ0) is 25.3. The SMILES string of the molecule is [2H]C([2H])(OC)[C@H]1O[C@@H](n2ccc(NC(=O)c3ccccc3)nc2=O)C[C@@H]1O[Si](C)(C)C(C)(C)C. The van der Waals surface area contributed by atoms with Gasteiger partial charge < -0.3 is 19.2 Å². The van der Waals surface area contributed by atoms with Gasteiger partial charge in [0.05, 0.1) is 15.4 Å². The van der Waals surface area contributed by atoms with Crippen LogP contribution in [0.25, 0.3) is 0 Å². The smallest absolute Gasteiger partial charge is 0.351 e. The minimum Gasteiger partial charge on any atom is -0.411 e. The number of carbonyl (C=O) groups is 1. The van der Waals surface area contributed by atoms with Crippen molar-refractivity contribution in [2.24, 2.45) is 0 Å². The highest BCUT2D eigenvalue weighted by Gasteiger charge is 2.45. The number of aromatic nitrogens is 2. The average molecular weight is 462 g/mol. The fourth-order valence-electron chi connectivity index (χ4n) is 3.18. The number of carbonyl (C=O) groups excluding carboxylic acids is 1. The molecule has 1 amide bonds. The van der Waals surface area contributed by atoms with Gasteiger partial charge in [0.2, 0.25) is 0 Å². The molecule has 3 atom stereocenters. The van der Waals surface area contributed by atoms with Crippen molar-refractivity contribution in [3.8, 4) is 0 Å². The summed E-state index contributed by atoms with van der Waals surface area (Å²) in [5.74, 6) is -0.260. The first-order valence-electron chi connectivity index (χ1n) is 11.6. The third-order valence-electron chi connectivity index (χ3n) is 5.98. The molecule has 0 aliphatic carbocycles. The number of hydrogen-bond donors (Lipinski definition) is 1. The number of hydrogen-bond acceptors (Lipinski definition) is 6. The van der Waals surface area contributed by atoms with Crippen molar-refractivity contribution in [3.05, 3.63) is 58.6 Å². The largest absolute Gasteiger partial charge is 0.411 e. The molecule has 2 heterocycles. The average Bonchev–Trinajstić information content (AvgIpc) is 3.17. The summed E-state index contributed by atoms with van der Waals surface area (Å²) >= 11 is 0. The first kappa shape index (κ1) is 21.5. The van der Waals surface area contributed by atoms with Gasteiger partial charge in [0.25, 0.3) is 5.91 Å². The van der Waals surface area contributed by atoms with E-state index in [9.17, 15) is 9.59 Å². The standard InChI is InChI=1S/C23H33N3O5Si/c1-23(2,3)32(5,6)31-17-14-20(30-18(17)15-29-4)26-13-12-19(25-22(26)28)24-21(27)16-10-8-7-9-11-16/h7-13,17-18,20H,14-15H2,1-6H3,(H,24,25,27,28)/t17-,18+,20+/m0/s1/i15D2. The molecule has 174 valence electrons. The highest BCUT2D eigenvalue weighted by molar-refractivity contribution is 6.74. The maximum atomic E-state index is 12.8. The fraction of sp³-hybridized carbons (Fsp3) is 0.522. The molecule has 1 aromatic heterocycles. The summed E-state index contributed by atoms with van der Waals surface area (Å²) in [5, 5.41) is 2.52. The molecular formula is C23H33N3O5Si. The van der Waals surface area contributed by atoms with Crippen molar-refractivity contribution >= 4 is 20.0 Å². The van der Waals surface area contributed by atoms with Crippen molar-refractivity contribution in [3.63, 3.8) is 0 Å². The van der Waals surface area contributed by atoms with E-state index in [1.165, 1.54) is 23.9 Å². The van der Waals surface area contributed by atoms with Crippen LogP contribution in [0.1, 0.15) is 46.5 Å². The van der Waals surface area contributed by atoms with E-state index in [1.54, 1.807) is 30.3 Å². The van der Waals surface area contributed by atoms with Gasteiger partial charge in [0, 0.05) is 25.3 Å². The quantitative estimate of drug-likeness (QED) is 0.630. The molecular weight excluding hydrogens is 426 g/mol. The van der Waals surface area contributed by atoms with Crippen LogP contribution in [0.15, 0.2) is 47.4 Å². The number of benzene rings is 1. The Morgan fingerprint density at radius 3 is 2.59 bits per heavy atom. The minimum atomic E-state index is -2.26. The third kappa shape index (κ3) is 5.53. The molecule has 1 saturated heterocycles. The van der Waals surface area contributed by atoms with Crippen LogP contribution < -0.4 is 11.0 Å². The normalized spacial score (nSPS) is 22.9. The van der Waals surface area contributed by atoms with Crippen LogP contribution in [0.2, 0.25) is 18.1 Å². The summed E-state index contributed by atoms with van der Waals surface area (Å²) in [7, 11) is -0.984. The van der Waals surface area contributed by atoms with Crippen molar-refractivity contribution in [2.75, 3.05) is 19.0 Å². The monoisotopic (exact) mass is 461 g/mol. The van der Waals surface area contributed by atoms with Gasteiger partial charge in [-0.1, -0.05) is 39.0 Å². The predicted molar refractivity (Wildman–Crippen MR) is 125 cm³/mol. The van der Waals surface area contributed by atoms with E-state index in [2.05, 4.69) is 44.2 Å². The van der Waals surface area contributed by atoms with Gasteiger partial charge in [-0.2, -0.15) is 4.98 Å². The predicted octanol–water partition coefficient (Wildman–Crippen LogP) is 3.82. The first-order valence-corrected chi connectivity index (χ1v) is 13.5. The molecule has 32 heavy (non-hydrogen) atoms. The van der Waals surface area contributed by atoms with Crippen molar-refractivity contribution in [1.29, 1.82) is 0 Å². The molecule has 0 saturated carbocycles. The Bertz CT molecular complexity index is 1070. The highest BCUT2D eigenvalue weighted by atomic mass is 28.4. The summed E-state index contributed by atoms with van der Waals surface area (Å²) in [6.45, 7) is 8.36. The van der Waals surface area contributed by atoms with E-state index < -0.39 is 39.0 Å². The fourth-order valence-corrected chi connectivity index (χ4v) is 4.51. The van der Waals surface area contributed by atoms with Crippen molar-refractivity contribution in [1.82, 2.24) is 9.55 Å². The second kappa shape index (κ2) is 9.66. The molecule has 1 aliphatic heterocycles. The van der Waals surface area contributed by atoms with Crippen LogP contribution >= 0.6 is 0 Å². The number of anilines is 1. The van der Waals surface area contributed by atoms with Gasteiger partial charge >= 0.3 is 5.69 Å². The maximum absolute atomic E-state index is 12.8. The lowest BCUT2D eigenvalue weighted by molar-refractivity contribution is -0.0526. The van der Waals surface area contributed by atoms with E-state index in [0.29, 0.717) is 5.56 Å². The lowest BCUT2D eigenvalue weighted by Gasteiger charge is -2.39. The van der Waals surface area contributed by atoms with Gasteiger partial charge in [-0.05, 0) is 36.3 Å². The van der Waals surface area contributed by atoms with Crippen molar-refractivity contribution < 1.29 is 21.4 Å². The molecule has 9 heteroatoms. The first-order chi connectivity index (χ1) is 15.7. The molecule has 2 aromatic rings. The Morgan fingerprint density at radius 2 is 2.00 bits per heavy atom. The Morgan fingerprint density at radius 1 is 1.31 bits per heavy atom. The minimum absolute atomic E-state index is 0.0908. The second-order valence-corrected chi connectivity index (χ2v) is 14.1. The number of ether oxygens (including phenoxy) is 2. The lowest BCUT2D eigenvalue weighted by Crippen LogP contribution is -2.46. The third-order valence-corrected chi connectivity index (χ3v) is 10.5. The Balaban J connectivity index is 1.82. The number of amides is 1. The van der Waals surface area contributed by atoms with Gasteiger partial charge in [-0.15, -0.1) is 0 Å². The van der Waals surface area contributed by atoms with E-state index in [4.69, 9.17) is 16.6 Å². The molecule has 8 nitrogen and oxygen atoms in total. The highest BCUT2D eigenvalue weighted by Crippen LogP contribution is 2.41. The summed E-state index contributed by atoms with van der Waals surface area (Å²) < 4.78 is 35.3. The van der Waals surface area contributed by atoms with E-state index >= 15 is 0 Å². The molecule has 1 N–H and O–H groups in total. The van der Waals surface area contributed by atoms with Gasteiger partial charge in [-0.3, -0.25) is 9.36 Å². The van der Waals surface area contributed by atoms with Gasteiger partial charge in [0.1, 0.15) is 18.1 Å². The molecule has 0 spiro atoms. The lowest BCUT2D eigenvalue weighted by atomic mass is 10.2. The molecule has 1 aromatic carbocycles. The summed E-state index contributed by atoms with van der Waals surface area (Å²) in [5.41, 5.74) is -0.177. The number of rotatable bonds is 7. The van der Waals surface area contributed by atoms with E-state index in [-0.39, 0.29) is 23.2 Å². The van der Waals surface area contributed by atoms with Crippen LogP contribution in [-0.4, -0.2) is 49.7 Å². The topological polar surface area (TPSA) is 91.7 Å². The second-order valence-electron chi connectivity index (χ2n) is 9.31. The number of nitrogens with one attached hydrogen (secondary N) is 1. The molecule has 0 bridgehead atoms. The Kier molecular flexibility index (Phi) is 6.49. The van der Waals surface area contributed by atoms with Crippen LogP contribution in [0.4, 0.5) is 5.82 Å². The molecule has 0 radical (unpaired) electrons. The summed E-state index contributed by atoms with van der Waals surface area (Å²) in [6, 6.07) is 10.1. The van der Waals surface area contributed by atoms with Crippen LogP contribution in [0, 0.1) is 0 Å². The van der Waals surface area contributed by atoms with Crippen LogP contribution in [0.5, 0.6) is 0 Å². The molecule has 3 rings (SSSR count). The van der Waals surface area contributed by atoms with E-state index in [0.717, 1.165) is 0 Å². The Labute approximate surface area is 192 Å². The Hall–Kier alpha value is -2.33. The zero-order valence-corrected chi connectivity index (χ0v) is 20.4. The maximum Gasteiger partial charge on any atom is 0.351 e. The summed E-state index contributed by atoms with van der Waals surface area (Å²) in [4.78, 5) is 29.1. The van der Waals surface area contributed by atoms with Crippen molar-refractivity contribution in [2.45, 2.75) is 63.8 Å². The van der Waals surface area contributed by atoms with Gasteiger partial charge in [0.15, 0.2) is 8.32 Å². The molecule has 1 fully saturated rings.